The fraction of sp³-hybridized carbons (Fsp3) is 0.190. The smallest absolute Gasteiger partial charge is 0.262 e. The van der Waals surface area contributed by atoms with Crippen molar-refractivity contribution in [1.29, 1.82) is 5.26 Å². The van der Waals surface area contributed by atoms with Crippen LogP contribution in [0.4, 0.5) is 0 Å². The summed E-state index contributed by atoms with van der Waals surface area (Å²) in [5, 5.41) is 14.6. The van der Waals surface area contributed by atoms with Gasteiger partial charge in [-0.3, -0.25) is 9.59 Å². The Kier molecular flexibility index (Phi) is 7.61. The van der Waals surface area contributed by atoms with Gasteiger partial charge in [-0.2, -0.15) is 5.26 Å². The lowest BCUT2D eigenvalue weighted by Crippen LogP contribution is -2.28. The van der Waals surface area contributed by atoms with Crippen LogP contribution >= 0.6 is 0 Å². The Morgan fingerprint density at radius 1 is 1.07 bits per heavy atom. The fourth-order valence-corrected chi connectivity index (χ4v) is 2.25. The second-order valence-corrected chi connectivity index (χ2v) is 5.65. The molecule has 0 heterocycles. The van der Waals surface area contributed by atoms with E-state index in [0.29, 0.717) is 24.4 Å². The zero-order valence-corrected chi connectivity index (χ0v) is 15.1. The lowest BCUT2D eigenvalue weighted by molar-refractivity contribution is -0.123. The molecule has 0 bridgehead atoms. The van der Waals surface area contributed by atoms with Crippen LogP contribution in [-0.4, -0.2) is 25.0 Å². The summed E-state index contributed by atoms with van der Waals surface area (Å²) in [4.78, 5) is 23.6. The molecule has 0 fully saturated rings. The first-order valence-corrected chi connectivity index (χ1v) is 8.56. The molecule has 2 aromatic rings. The van der Waals surface area contributed by atoms with E-state index in [1.165, 1.54) is 6.08 Å². The van der Waals surface area contributed by atoms with Crippen molar-refractivity contribution >= 4 is 17.9 Å². The second kappa shape index (κ2) is 10.4. The van der Waals surface area contributed by atoms with E-state index >= 15 is 0 Å². The van der Waals surface area contributed by atoms with E-state index in [9.17, 15) is 14.9 Å². The average Bonchev–Trinajstić information content (AvgIpc) is 2.70. The number of likely N-dealkylation sites (N-methyl/N-ethyl adjacent to an activating group) is 1. The van der Waals surface area contributed by atoms with Gasteiger partial charge in [0.1, 0.15) is 17.4 Å². The Morgan fingerprint density at radius 3 is 2.41 bits per heavy atom. The predicted molar refractivity (Wildman–Crippen MR) is 102 cm³/mol. The minimum absolute atomic E-state index is 0.0157. The third kappa shape index (κ3) is 6.67. The molecule has 0 spiro atoms. The van der Waals surface area contributed by atoms with E-state index in [1.807, 2.05) is 43.3 Å². The number of nitrogens with zero attached hydrogens (tertiary/aromatic N) is 1. The summed E-state index contributed by atoms with van der Waals surface area (Å²) in [7, 11) is 0. The lowest BCUT2D eigenvalue weighted by Gasteiger charge is -2.07. The molecule has 0 aliphatic rings. The van der Waals surface area contributed by atoms with Gasteiger partial charge in [0, 0.05) is 13.1 Å². The van der Waals surface area contributed by atoms with Gasteiger partial charge in [0.2, 0.25) is 0 Å². The summed E-state index contributed by atoms with van der Waals surface area (Å²) in [6, 6.07) is 18.2. The van der Waals surface area contributed by atoms with E-state index in [2.05, 4.69) is 10.6 Å². The van der Waals surface area contributed by atoms with Gasteiger partial charge in [0.25, 0.3) is 11.8 Å². The first-order valence-electron chi connectivity index (χ1n) is 8.56. The molecule has 2 rings (SSSR count). The molecular weight excluding hydrogens is 342 g/mol. The molecule has 0 unspecified atom stereocenters. The molecule has 0 saturated heterocycles. The average molecular weight is 363 g/mol. The summed E-state index contributed by atoms with van der Waals surface area (Å²) in [6.45, 7) is 2.68. The first kappa shape index (κ1) is 19.7. The zero-order valence-electron chi connectivity index (χ0n) is 15.1. The molecule has 2 amide bonds. The topological polar surface area (TPSA) is 91.2 Å². The standard InChI is InChI=1S/C21H21N3O3/c1-2-23-20(25)15-27-19-10-8-16(9-11-19)12-18(13-22)21(26)24-14-17-6-4-3-5-7-17/h3-12H,2,14-15H2,1H3,(H,23,25)(H,24,26)/b18-12-. The van der Waals surface area contributed by atoms with E-state index in [-0.39, 0.29) is 18.1 Å². The molecule has 6 heteroatoms. The largest absolute Gasteiger partial charge is 0.484 e. The molecule has 6 nitrogen and oxygen atoms in total. The van der Waals surface area contributed by atoms with Crippen molar-refractivity contribution in [3.8, 4) is 11.8 Å². The van der Waals surface area contributed by atoms with Gasteiger partial charge in [-0.15, -0.1) is 0 Å². The van der Waals surface area contributed by atoms with Crippen molar-refractivity contribution in [2.45, 2.75) is 13.5 Å². The molecule has 2 N–H and O–H groups in total. The third-order valence-corrected chi connectivity index (χ3v) is 3.60. The van der Waals surface area contributed by atoms with Gasteiger partial charge in [0.15, 0.2) is 6.61 Å². The number of nitrogens with one attached hydrogen (secondary N) is 2. The highest BCUT2D eigenvalue weighted by Gasteiger charge is 2.09. The minimum Gasteiger partial charge on any atom is -0.484 e. The van der Waals surface area contributed by atoms with Crippen LogP contribution in [0.15, 0.2) is 60.2 Å². The highest BCUT2D eigenvalue weighted by atomic mass is 16.5. The maximum Gasteiger partial charge on any atom is 0.262 e. The summed E-state index contributed by atoms with van der Waals surface area (Å²) in [5.74, 6) is -0.0910. The fourth-order valence-electron chi connectivity index (χ4n) is 2.25. The minimum atomic E-state index is -0.432. The van der Waals surface area contributed by atoms with Crippen LogP contribution in [0, 0.1) is 11.3 Å². The highest BCUT2D eigenvalue weighted by molar-refractivity contribution is 6.01. The molecule has 0 radical (unpaired) electrons. The summed E-state index contributed by atoms with van der Waals surface area (Å²) in [5.41, 5.74) is 1.66. The molecule has 27 heavy (non-hydrogen) atoms. The number of carbonyl (C=O) groups is 2. The number of benzene rings is 2. The van der Waals surface area contributed by atoms with Gasteiger partial charge < -0.3 is 15.4 Å². The second-order valence-electron chi connectivity index (χ2n) is 5.65. The van der Waals surface area contributed by atoms with Crippen molar-refractivity contribution in [3.63, 3.8) is 0 Å². The van der Waals surface area contributed by atoms with Crippen molar-refractivity contribution in [1.82, 2.24) is 10.6 Å². The lowest BCUT2D eigenvalue weighted by atomic mass is 10.1. The van der Waals surface area contributed by atoms with Crippen molar-refractivity contribution in [2.24, 2.45) is 0 Å². The van der Waals surface area contributed by atoms with Crippen LogP contribution in [0.25, 0.3) is 6.08 Å². The number of hydrogen-bond donors (Lipinski definition) is 2. The van der Waals surface area contributed by atoms with Crippen molar-refractivity contribution < 1.29 is 14.3 Å². The Bertz CT molecular complexity index is 837. The maximum atomic E-state index is 12.2. The van der Waals surface area contributed by atoms with Crippen LogP contribution in [0.3, 0.4) is 0 Å². The molecule has 138 valence electrons. The van der Waals surface area contributed by atoms with Crippen LogP contribution in [0.5, 0.6) is 5.75 Å². The van der Waals surface area contributed by atoms with Crippen LogP contribution in [0.2, 0.25) is 0 Å². The quantitative estimate of drug-likeness (QED) is 0.557. The van der Waals surface area contributed by atoms with Crippen LogP contribution < -0.4 is 15.4 Å². The van der Waals surface area contributed by atoms with E-state index in [4.69, 9.17) is 4.74 Å². The number of ether oxygens (including phenoxy) is 1. The van der Waals surface area contributed by atoms with Crippen molar-refractivity contribution in [3.05, 3.63) is 71.3 Å². The highest BCUT2D eigenvalue weighted by Crippen LogP contribution is 2.14. The summed E-state index contributed by atoms with van der Waals surface area (Å²) >= 11 is 0. The predicted octanol–water partition coefficient (Wildman–Crippen LogP) is 2.42. The Labute approximate surface area is 158 Å². The number of rotatable bonds is 8. The Balaban J connectivity index is 1.95. The molecule has 2 aromatic carbocycles. The van der Waals surface area contributed by atoms with Crippen LogP contribution in [-0.2, 0) is 16.1 Å². The zero-order chi connectivity index (χ0) is 19.5. The molecule has 0 atom stereocenters. The molecule has 0 aliphatic heterocycles. The van der Waals surface area contributed by atoms with Crippen molar-refractivity contribution in [2.75, 3.05) is 13.2 Å². The van der Waals surface area contributed by atoms with Gasteiger partial charge >= 0.3 is 0 Å². The number of amides is 2. The normalized spacial score (nSPS) is 10.6. The Hall–Kier alpha value is -3.59. The van der Waals surface area contributed by atoms with E-state index < -0.39 is 5.91 Å². The molecule has 0 aliphatic carbocycles. The summed E-state index contributed by atoms with van der Waals surface area (Å²) < 4.78 is 5.36. The SMILES string of the molecule is CCNC(=O)COc1ccc(/C=C(/C#N)C(=O)NCc2ccccc2)cc1. The van der Waals surface area contributed by atoms with E-state index in [1.54, 1.807) is 24.3 Å². The number of hydrogen-bond acceptors (Lipinski definition) is 4. The molecule has 0 aromatic heterocycles. The van der Waals surface area contributed by atoms with Crippen LogP contribution in [0.1, 0.15) is 18.1 Å². The van der Waals surface area contributed by atoms with Gasteiger partial charge in [-0.05, 0) is 36.3 Å². The first-order chi connectivity index (χ1) is 13.1. The van der Waals surface area contributed by atoms with Gasteiger partial charge in [0.05, 0.1) is 0 Å². The van der Waals surface area contributed by atoms with E-state index in [0.717, 1.165) is 5.56 Å². The van der Waals surface area contributed by atoms with Gasteiger partial charge in [-0.25, -0.2) is 0 Å². The third-order valence-electron chi connectivity index (χ3n) is 3.60. The number of carbonyl (C=O) groups excluding carboxylic acids is 2. The monoisotopic (exact) mass is 363 g/mol. The molecular formula is C21H21N3O3. The maximum absolute atomic E-state index is 12.2. The Morgan fingerprint density at radius 2 is 1.78 bits per heavy atom. The summed E-state index contributed by atoms with van der Waals surface area (Å²) in [6.07, 6.45) is 1.51. The molecule has 0 saturated carbocycles. The van der Waals surface area contributed by atoms with Gasteiger partial charge in [-0.1, -0.05) is 42.5 Å². The number of nitriles is 1.